The standard InChI is InChI=1S/C16H15ClN4O4/c17-12-7-11(2-1-10(12)9-22)20-3-5-21(6-4-20)15(24)13-8-14(23)19-16(25)18-13/h1-2,7-9H,3-6H2,(H2,18,19,23,25). The van der Waals surface area contributed by atoms with E-state index in [9.17, 15) is 19.2 Å². The van der Waals surface area contributed by atoms with Crippen molar-refractivity contribution in [2.75, 3.05) is 31.1 Å². The van der Waals surface area contributed by atoms with Crippen LogP contribution in [0.2, 0.25) is 5.02 Å². The summed E-state index contributed by atoms with van der Waals surface area (Å²) >= 11 is 6.05. The number of aldehydes is 1. The SMILES string of the molecule is O=Cc1ccc(N2CCN(C(=O)c3cc(=O)[nH]c(=O)[nH]3)CC2)cc1Cl. The number of carbonyl (C=O) groups excluding carboxylic acids is 2. The molecule has 0 radical (unpaired) electrons. The van der Waals surface area contributed by atoms with Crippen molar-refractivity contribution in [2.45, 2.75) is 0 Å². The van der Waals surface area contributed by atoms with Crippen molar-refractivity contribution in [3.63, 3.8) is 0 Å². The molecule has 0 unspecified atom stereocenters. The quantitative estimate of drug-likeness (QED) is 0.773. The van der Waals surface area contributed by atoms with Gasteiger partial charge < -0.3 is 14.8 Å². The average Bonchev–Trinajstić information content (AvgIpc) is 2.60. The number of benzene rings is 1. The molecule has 3 rings (SSSR count). The molecule has 0 bridgehead atoms. The molecule has 0 aliphatic carbocycles. The number of anilines is 1. The Hall–Kier alpha value is -2.87. The van der Waals surface area contributed by atoms with E-state index in [1.165, 1.54) is 0 Å². The fourth-order valence-electron chi connectivity index (χ4n) is 2.73. The van der Waals surface area contributed by atoms with Crippen molar-refractivity contribution in [3.05, 3.63) is 61.4 Å². The van der Waals surface area contributed by atoms with Gasteiger partial charge in [0.1, 0.15) is 5.69 Å². The van der Waals surface area contributed by atoms with Crippen LogP contribution in [0.25, 0.3) is 0 Å². The van der Waals surface area contributed by atoms with Gasteiger partial charge in [0.25, 0.3) is 11.5 Å². The van der Waals surface area contributed by atoms with Gasteiger partial charge in [0.2, 0.25) is 0 Å². The van der Waals surface area contributed by atoms with Gasteiger partial charge in [-0.25, -0.2) is 4.79 Å². The lowest BCUT2D eigenvalue weighted by Crippen LogP contribution is -2.49. The number of amides is 1. The third-order valence-electron chi connectivity index (χ3n) is 4.03. The van der Waals surface area contributed by atoms with E-state index in [-0.39, 0.29) is 5.69 Å². The Morgan fingerprint density at radius 2 is 1.80 bits per heavy atom. The zero-order chi connectivity index (χ0) is 18.0. The fourth-order valence-corrected chi connectivity index (χ4v) is 2.95. The summed E-state index contributed by atoms with van der Waals surface area (Å²) in [6.45, 7) is 1.99. The third kappa shape index (κ3) is 3.63. The van der Waals surface area contributed by atoms with Crippen LogP contribution in [0.4, 0.5) is 5.69 Å². The number of nitrogens with zero attached hydrogens (tertiary/aromatic N) is 2. The highest BCUT2D eigenvalue weighted by molar-refractivity contribution is 6.33. The molecule has 25 heavy (non-hydrogen) atoms. The Morgan fingerprint density at radius 1 is 1.08 bits per heavy atom. The van der Waals surface area contributed by atoms with Gasteiger partial charge in [-0.15, -0.1) is 0 Å². The summed E-state index contributed by atoms with van der Waals surface area (Å²) in [4.78, 5) is 53.8. The van der Waals surface area contributed by atoms with E-state index in [4.69, 9.17) is 11.6 Å². The number of rotatable bonds is 3. The average molecular weight is 363 g/mol. The maximum absolute atomic E-state index is 12.4. The molecule has 1 fully saturated rings. The molecule has 1 aliphatic heterocycles. The van der Waals surface area contributed by atoms with Crippen molar-refractivity contribution in [2.24, 2.45) is 0 Å². The summed E-state index contributed by atoms with van der Waals surface area (Å²) in [5, 5.41) is 0.382. The highest BCUT2D eigenvalue weighted by Gasteiger charge is 2.23. The molecule has 1 amide bonds. The van der Waals surface area contributed by atoms with Crippen LogP contribution in [-0.2, 0) is 0 Å². The van der Waals surface area contributed by atoms with E-state index in [1.54, 1.807) is 23.1 Å². The van der Waals surface area contributed by atoms with Crippen molar-refractivity contribution in [1.29, 1.82) is 0 Å². The van der Waals surface area contributed by atoms with Crippen LogP contribution in [0.15, 0.2) is 33.9 Å². The molecule has 8 nitrogen and oxygen atoms in total. The normalized spacial score (nSPS) is 14.4. The van der Waals surface area contributed by atoms with E-state index >= 15 is 0 Å². The van der Waals surface area contributed by atoms with Crippen LogP contribution in [0, 0.1) is 0 Å². The monoisotopic (exact) mass is 362 g/mol. The van der Waals surface area contributed by atoms with Crippen molar-refractivity contribution < 1.29 is 9.59 Å². The Balaban J connectivity index is 1.70. The number of aromatic amines is 2. The molecule has 1 aromatic carbocycles. The second-order valence-electron chi connectivity index (χ2n) is 5.60. The molecule has 0 atom stereocenters. The number of hydrogen-bond acceptors (Lipinski definition) is 5. The smallest absolute Gasteiger partial charge is 0.326 e. The Labute approximate surface area is 147 Å². The topological polar surface area (TPSA) is 106 Å². The van der Waals surface area contributed by atoms with Crippen LogP contribution < -0.4 is 16.1 Å². The molecule has 1 saturated heterocycles. The third-order valence-corrected chi connectivity index (χ3v) is 4.36. The molecule has 1 aliphatic rings. The highest BCUT2D eigenvalue weighted by Crippen LogP contribution is 2.24. The number of nitrogens with one attached hydrogen (secondary N) is 2. The van der Waals surface area contributed by atoms with Gasteiger partial charge in [-0.05, 0) is 18.2 Å². The van der Waals surface area contributed by atoms with Crippen molar-refractivity contribution in [3.8, 4) is 0 Å². The fraction of sp³-hybridized carbons (Fsp3) is 0.250. The Bertz CT molecular complexity index is 900. The predicted molar refractivity (Wildman–Crippen MR) is 92.6 cm³/mol. The lowest BCUT2D eigenvalue weighted by molar-refractivity contribution is 0.0740. The van der Waals surface area contributed by atoms with Gasteiger partial charge in [-0.3, -0.25) is 19.4 Å². The van der Waals surface area contributed by atoms with Gasteiger partial charge in [-0.1, -0.05) is 11.6 Å². The van der Waals surface area contributed by atoms with Crippen molar-refractivity contribution in [1.82, 2.24) is 14.9 Å². The molecule has 2 aromatic rings. The molecule has 130 valence electrons. The van der Waals surface area contributed by atoms with Crippen LogP contribution in [0.1, 0.15) is 20.8 Å². The summed E-state index contributed by atoms with van der Waals surface area (Å²) < 4.78 is 0. The van der Waals surface area contributed by atoms with Crippen LogP contribution >= 0.6 is 11.6 Å². The maximum Gasteiger partial charge on any atom is 0.326 e. The van der Waals surface area contributed by atoms with Gasteiger partial charge >= 0.3 is 5.69 Å². The minimum Gasteiger partial charge on any atom is -0.368 e. The lowest BCUT2D eigenvalue weighted by atomic mass is 10.2. The van der Waals surface area contributed by atoms with E-state index in [0.29, 0.717) is 43.1 Å². The van der Waals surface area contributed by atoms with Gasteiger partial charge in [0.05, 0.1) is 5.02 Å². The summed E-state index contributed by atoms with van der Waals surface area (Å²) in [5.41, 5.74) is -0.0552. The molecule has 2 N–H and O–H groups in total. The molecule has 9 heteroatoms. The number of halogens is 1. The first-order valence-electron chi connectivity index (χ1n) is 7.60. The van der Waals surface area contributed by atoms with Crippen LogP contribution in [0.5, 0.6) is 0 Å². The summed E-state index contributed by atoms with van der Waals surface area (Å²) in [6.07, 6.45) is 0.699. The minimum absolute atomic E-state index is 0.0272. The van der Waals surface area contributed by atoms with E-state index < -0.39 is 17.2 Å². The van der Waals surface area contributed by atoms with Crippen LogP contribution in [0.3, 0.4) is 0 Å². The lowest BCUT2D eigenvalue weighted by Gasteiger charge is -2.36. The molecule has 0 spiro atoms. The molecular weight excluding hydrogens is 348 g/mol. The second-order valence-corrected chi connectivity index (χ2v) is 6.01. The summed E-state index contributed by atoms with van der Waals surface area (Å²) in [7, 11) is 0. The first-order chi connectivity index (χ1) is 12.0. The maximum atomic E-state index is 12.4. The van der Waals surface area contributed by atoms with Crippen molar-refractivity contribution >= 4 is 29.5 Å². The second kappa shape index (κ2) is 6.94. The first kappa shape index (κ1) is 17.0. The molecule has 1 aromatic heterocycles. The summed E-state index contributed by atoms with van der Waals surface area (Å²) in [5.74, 6) is -0.391. The zero-order valence-corrected chi connectivity index (χ0v) is 13.9. The number of piperazine rings is 1. The molecule has 0 saturated carbocycles. The minimum atomic E-state index is -0.709. The van der Waals surface area contributed by atoms with Gasteiger partial charge in [0, 0.05) is 43.5 Å². The number of aromatic nitrogens is 2. The number of H-pyrrole nitrogens is 2. The van der Waals surface area contributed by atoms with E-state index in [2.05, 4.69) is 4.98 Å². The highest BCUT2D eigenvalue weighted by atomic mass is 35.5. The number of carbonyl (C=O) groups is 2. The zero-order valence-electron chi connectivity index (χ0n) is 13.1. The molecule has 2 heterocycles. The van der Waals surface area contributed by atoms with Crippen LogP contribution in [-0.4, -0.2) is 53.2 Å². The summed E-state index contributed by atoms with van der Waals surface area (Å²) in [6, 6.07) is 6.26. The molecular formula is C16H15ClN4O4. The largest absolute Gasteiger partial charge is 0.368 e. The predicted octanol–water partition coefficient (Wildman–Crippen LogP) is 0.492. The Kier molecular flexibility index (Phi) is 4.71. The number of hydrogen-bond donors (Lipinski definition) is 2. The van der Waals surface area contributed by atoms with E-state index in [1.807, 2.05) is 9.88 Å². The van der Waals surface area contributed by atoms with E-state index in [0.717, 1.165) is 11.8 Å². The van der Waals surface area contributed by atoms with Gasteiger partial charge in [-0.2, -0.15) is 0 Å². The first-order valence-corrected chi connectivity index (χ1v) is 7.98. The Morgan fingerprint density at radius 3 is 2.40 bits per heavy atom. The van der Waals surface area contributed by atoms with Gasteiger partial charge in [0.15, 0.2) is 6.29 Å².